The number of carbonyl (C=O) groups is 2. The number of H-pyrrole nitrogens is 1. The molecule has 116 valence electrons. The van der Waals surface area contributed by atoms with E-state index in [0.717, 1.165) is 16.5 Å². The quantitative estimate of drug-likeness (QED) is 0.692. The van der Waals surface area contributed by atoms with Gasteiger partial charge in [-0.05, 0) is 35.9 Å². The third-order valence-corrected chi connectivity index (χ3v) is 3.46. The van der Waals surface area contributed by atoms with Crippen LogP contribution in [0.15, 0.2) is 48.7 Å². The molecule has 0 atom stereocenters. The minimum Gasteiger partial charge on any atom is -0.352 e. The first-order chi connectivity index (χ1) is 11.1. The zero-order chi connectivity index (χ0) is 16.2. The molecule has 0 spiro atoms. The van der Waals surface area contributed by atoms with E-state index in [0.29, 0.717) is 17.8 Å². The number of anilines is 1. The smallest absolute Gasteiger partial charge is 0.255 e. The standard InChI is InChI=1S/C17H16N4O2/c1-11(22)18-9-12-2-4-13(5-3-12)17(23)20-15-6-7-16-14(8-15)10-19-21-16/h2-8,10H,9H2,1H3,(H,18,22)(H,19,21)(H,20,23). The van der Waals surface area contributed by atoms with Gasteiger partial charge in [0.05, 0.1) is 11.7 Å². The van der Waals surface area contributed by atoms with Crippen molar-refractivity contribution >= 4 is 28.4 Å². The van der Waals surface area contributed by atoms with Crippen molar-refractivity contribution in [1.82, 2.24) is 15.5 Å². The number of carbonyl (C=O) groups excluding carboxylic acids is 2. The van der Waals surface area contributed by atoms with Gasteiger partial charge in [0, 0.05) is 30.1 Å². The molecule has 23 heavy (non-hydrogen) atoms. The molecule has 0 aliphatic rings. The van der Waals surface area contributed by atoms with Gasteiger partial charge in [0.1, 0.15) is 0 Å². The van der Waals surface area contributed by atoms with Crippen molar-refractivity contribution in [2.75, 3.05) is 5.32 Å². The summed E-state index contributed by atoms with van der Waals surface area (Å²) >= 11 is 0. The SMILES string of the molecule is CC(=O)NCc1ccc(C(=O)Nc2ccc3[nH]ncc3c2)cc1. The lowest BCUT2D eigenvalue weighted by molar-refractivity contribution is -0.119. The van der Waals surface area contributed by atoms with Crippen molar-refractivity contribution in [3.63, 3.8) is 0 Å². The maximum Gasteiger partial charge on any atom is 0.255 e. The summed E-state index contributed by atoms with van der Waals surface area (Å²) in [7, 11) is 0. The predicted molar refractivity (Wildman–Crippen MR) is 88.0 cm³/mol. The first-order valence-corrected chi connectivity index (χ1v) is 7.20. The fraction of sp³-hybridized carbons (Fsp3) is 0.118. The van der Waals surface area contributed by atoms with Crippen LogP contribution in [0.1, 0.15) is 22.8 Å². The van der Waals surface area contributed by atoms with Gasteiger partial charge in [0.2, 0.25) is 5.91 Å². The van der Waals surface area contributed by atoms with Gasteiger partial charge in [0.15, 0.2) is 0 Å². The van der Waals surface area contributed by atoms with Crippen LogP contribution in [-0.4, -0.2) is 22.0 Å². The van der Waals surface area contributed by atoms with Crippen LogP contribution in [-0.2, 0) is 11.3 Å². The van der Waals surface area contributed by atoms with Gasteiger partial charge in [-0.15, -0.1) is 0 Å². The van der Waals surface area contributed by atoms with Gasteiger partial charge in [0.25, 0.3) is 5.91 Å². The molecule has 3 N–H and O–H groups in total. The predicted octanol–water partition coefficient (Wildman–Crippen LogP) is 2.45. The van der Waals surface area contributed by atoms with Crippen molar-refractivity contribution in [3.05, 3.63) is 59.8 Å². The van der Waals surface area contributed by atoms with Gasteiger partial charge in [-0.25, -0.2) is 0 Å². The summed E-state index contributed by atoms with van der Waals surface area (Å²) in [5.41, 5.74) is 3.14. The summed E-state index contributed by atoms with van der Waals surface area (Å²) in [6.45, 7) is 1.92. The molecule has 0 bridgehead atoms. The van der Waals surface area contributed by atoms with Gasteiger partial charge in [-0.3, -0.25) is 14.7 Å². The van der Waals surface area contributed by atoms with E-state index in [2.05, 4.69) is 20.8 Å². The van der Waals surface area contributed by atoms with Crippen LogP contribution in [0.5, 0.6) is 0 Å². The summed E-state index contributed by atoms with van der Waals surface area (Å²) in [5, 5.41) is 13.3. The van der Waals surface area contributed by atoms with E-state index >= 15 is 0 Å². The molecule has 1 aromatic heterocycles. The highest BCUT2D eigenvalue weighted by atomic mass is 16.2. The molecule has 0 aliphatic heterocycles. The van der Waals surface area contributed by atoms with E-state index in [-0.39, 0.29) is 11.8 Å². The number of rotatable bonds is 4. The normalized spacial score (nSPS) is 10.5. The number of hydrogen-bond donors (Lipinski definition) is 3. The van der Waals surface area contributed by atoms with Crippen molar-refractivity contribution in [1.29, 1.82) is 0 Å². The van der Waals surface area contributed by atoms with Gasteiger partial charge >= 0.3 is 0 Å². The Hall–Kier alpha value is -3.15. The summed E-state index contributed by atoms with van der Waals surface area (Å²) in [5.74, 6) is -0.264. The van der Waals surface area contributed by atoms with Crippen molar-refractivity contribution in [2.24, 2.45) is 0 Å². The Balaban J connectivity index is 1.68. The van der Waals surface area contributed by atoms with Crippen LogP contribution >= 0.6 is 0 Å². The maximum atomic E-state index is 12.3. The molecule has 2 amide bonds. The molecule has 1 heterocycles. The average molecular weight is 308 g/mol. The van der Waals surface area contributed by atoms with Crippen molar-refractivity contribution < 1.29 is 9.59 Å². The molecule has 6 nitrogen and oxygen atoms in total. The third kappa shape index (κ3) is 3.55. The molecule has 0 fully saturated rings. The molecule has 0 radical (unpaired) electrons. The minimum absolute atomic E-state index is 0.0820. The number of aromatic amines is 1. The lowest BCUT2D eigenvalue weighted by atomic mass is 10.1. The molecule has 0 saturated carbocycles. The van der Waals surface area contributed by atoms with E-state index in [1.807, 2.05) is 30.3 Å². The van der Waals surface area contributed by atoms with E-state index in [1.54, 1.807) is 18.3 Å². The highest BCUT2D eigenvalue weighted by molar-refractivity contribution is 6.05. The second-order valence-electron chi connectivity index (χ2n) is 5.23. The number of nitrogens with one attached hydrogen (secondary N) is 3. The lowest BCUT2D eigenvalue weighted by Crippen LogP contribution is -2.19. The van der Waals surface area contributed by atoms with E-state index in [4.69, 9.17) is 0 Å². The Labute approximate surface area is 132 Å². The Bertz CT molecular complexity index is 852. The van der Waals surface area contributed by atoms with Gasteiger partial charge < -0.3 is 10.6 Å². The zero-order valence-electron chi connectivity index (χ0n) is 12.6. The number of fused-ring (bicyclic) bond motifs is 1. The monoisotopic (exact) mass is 308 g/mol. The van der Waals surface area contributed by atoms with Crippen molar-refractivity contribution in [3.8, 4) is 0 Å². The van der Waals surface area contributed by atoms with Crippen molar-refractivity contribution in [2.45, 2.75) is 13.5 Å². The number of benzene rings is 2. The third-order valence-electron chi connectivity index (χ3n) is 3.46. The van der Waals surface area contributed by atoms with E-state index in [9.17, 15) is 9.59 Å². The molecular weight excluding hydrogens is 292 g/mol. The van der Waals surface area contributed by atoms with Crippen LogP contribution in [0, 0.1) is 0 Å². The second-order valence-corrected chi connectivity index (χ2v) is 5.23. The second kappa shape index (κ2) is 6.31. The summed E-state index contributed by atoms with van der Waals surface area (Å²) < 4.78 is 0. The van der Waals surface area contributed by atoms with E-state index < -0.39 is 0 Å². The Morgan fingerprint density at radius 2 is 1.91 bits per heavy atom. The first-order valence-electron chi connectivity index (χ1n) is 7.20. The minimum atomic E-state index is -0.182. The summed E-state index contributed by atoms with van der Waals surface area (Å²) in [4.78, 5) is 23.1. The Kier molecular flexibility index (Phi) is 4.05. The van der Waals surface area contributed by atoms with Gasteiger partial charge in [-0.1, -0.05) is 12.1 Å². The zero-order valence-corrected chi connectivity index (χ0v) is 12.6. The Morgan fingerprint density at radius 3 is 2.65 bits per heavy atom. The molecule has 0 aliphatic carbocycles. The van der Waals surface area contributed by atoms with Crippen LogP contribution in [0.25, 0.3) is 10.9 Å². The molecular formula is C17H16N4O2. The molecule has 3 aromatic rings. The highest BCUT2D eigenvalue weighted by Crippen LogP contribution is 2.17. The summed E-state index contributed by atoms with van der Waals surface area (Å²) in [6.07, 6.45) is 1.71. The number of amides is 2. The Morgan fingerprint density at radius 1 is 1.13 bits per heavy atom. The van der Waals surface area contributed by atoms with Crippen LogP contribution in [0.3, 0.4) is 0 Å². The van der Waals surface area contributed by atoms with E-state index in [1.165, 1.54) is 6.92 Å². The first kappa shape index (κ1) is 14.8. The van der Waals surface area contributed by atoms with Gasteiger partial charge in [-0.2, -0.15) is 5.10 Å². The number of hydrogen-bond acceptors (Lipinski definition) is 3. The number of nitrogens with zero attached hydrogens (tertiary/aromatic N) is 1. The highest BCUT2D eigenvalue weighted by Gasteiger charge is 2.07. The number of aromatic nitrogens is 2. The molecule has 3 rings (SSSR count). The molecule has 2 aromatic carbocycles. The maximum absolute atomic E-state index is 12.3. The fourth-order valence-electron chi connectivity index (χ4n) is 2.22. The molecule has 6 heteroatoms. The molecule has 0 unspecified atom stereocenters. The fourth-order valence-corrected chi connectivity index (χ4v) is 2.22. The van der Waals surface area contributed by atoms with Crippen LogP contribution in [0.4, 0.5) is 5.69 Å². The van der Waals surface area contributed by atoms with Crippen LogP contribution < -0.4 is 10.6 Å². The summed E-state index contributed by atoms with van der Waals surface area (Å²) in [6, 6.07) is 12.7. The lowest BCUT2D eigenvalue weighted by Gasteiger charge is -2.07. The average Bonchev–Trinajstić information content (AvgIpc) is 3.01. The largest absolute Gasteiger partial charge is 0.352 e. The molecule has 0 saturated heterocycles. The van der Waals surface area contributed by atoms with Crippen LogP contribution in [0.2, 0.25) is 0 Å². The topological polar surface area (TPSA) is 86.9 Å².